The van der Waals surface area contributed by atoms with Crippen molar-refractivity contribution < 1.29 is 13.2 Å². The predicted molar refractivity (Wildman–Crippen MR) is 76.0 cm³/mol. The van der Waals surface area contributed by atoms with E-state index < -0.39 is 17.7 Å². The largest absolute Gasteiger partial charge is 0.466 e. The number of halogens is 3. The Morgan fingerprint density at radius 3 is 2.60 bits per heavy atom. The van der Waals surface area contributed by atoms with Crippen LogP contribution < -0.4 is 11.3 Å². The number of hydrogen-bond donors (Lipinski definition) is 2. The van der Waals surface area contributed by atoms with Gasteiger partial charge < -0.3 is 4.42 Å². The van der Waals surface area contributed by atoms with Crippen molar-refractivity contribution in [1.82, 2.24) is 5.43 Å². The van der Waals surface area contributed by atoms with Gasteiger partial charge in [-0.15, -0.1) is 0 Å². The Labute approximate surface area is 124 Å². The van der Waals surface area contributed by atoms with Crippen LogP contribution in [0.5, 0.6) is 0 Å². The zero-order valence-electron chi connectivity index (χ0n) is 11.1. The summed E-state index contributed by atoms with van der Waals surface area (Å²) < 4.78 is 33.5. The van der Waals surface area contributed by atoms with Gasteiger partial charge in [0.1, 0.15) is 23.2 Å². The highest BCUT2D eigenvalue weighted by Crippen LogP contribution is 2.28. The SMILES string of the molecule is Cc1cc(C(Cc2c(F)ccc(Br)c2F)NN)c(C)o1. The van der Waals surface area contributed by atoms with E-state index in [1.165, 1.54) is 12.1 Å². The summed E-state index contributed by atoms with van der Waals surface area (Å²) in [6.45, 7) is 3.60. The van der Waals surface area contributed by atoms with Crippen LogP contribution in [0.1, 0.15) is 28.7 Å². The van der Waals surface area contributed by atoms with E-state index in [0.29, 0.717) is 5.76 Å². The molecule has 0 aliphatic rings. The smallest absolute Gasteiger partial charge is 0.143 e. The van der Waals surface area contributed by atoms with Crippen LogP contribution in [0.25, 0.3) is 0 Å². The van der Waals surface area contributed by atoms with Gasteiger partial charge in [0.25, 0.3) is 0 Å². The van der Waals surface area contributed by atoms with Crippen LogP contribution in [0.2, 0.25) is 0 Å². The lowest BCUT2D eigenvalue weighted by Gasteiger charge is -2.16. The minimum atomic E-state index is -0.608. The zero-order valence-corrected chi connectivity index (χ0v) is 12.7. The molecule has 0 spiro atoms. The van der Waals surface area contributed by atoms with Gasteiger partial charge in [0.2, 0.25) is 0 Å². The molecule has 3 N–H and O–H groups in total. The third-order valence-electron chi connectivity index (χ3n) is 3.20. The molecule has 0 aliphatic heterocycles. The third kappa shape index (κ3) is 2.92. The van der Waals surface area contributed by atoms with Gasteiger partial charge in [0.15, 0.2) is 0 Å². The van der Waals surface area contributed by atoms with Crippen molar-refractivity contribution in [2.75, 3.05) is 0 Å². The number of hydrazine groups is 1. The normalized spacial score (nSPS) is 12.7. The van der Waals surface area contributed by atoms with Gasteiger partial charge in [0.05, 0.1) is 10.5 Å². The molecule has 108 valence electrons. The fourth-order valence-electron chi connectivity index (χ4n) is 2.22. The van der Waals surface area contributed by atoms with Crippen LogP contribution >= 0.6 is 15.9 Å². The number of furan rings is 1. The van der Waals surface area contributed by atoms with Crippen molar-refractivity contribution in [3.8, 4) is 0 Å². The summed E-state index contributed by atoms with van der Waals surface area (Å²) in [6.07, 6.45) is 0.0907. The van der Waals surface area contributed by atoms with Gasteiger partial charge in [-0.05, 0) is 54.4 Å². The number of benzene rings is 1. The predicted octanol–water partition coefficient (Wildman–Crippen LogP) is 3.68. The first-order valence-corrected chi connectivity index (χ1v) is 6.88. The van der Waals surface area contributed by atoms with Gasteiger partial charge in [-0.3, -0.25) is 11.3 Å². The minimum Gasteiger partial charge on any atom is -0.466 e. The average molecular weight is 345 g/mol. The fraction of sp³-hybridized carbons (Fsp3) is 0.286. The van der Waals surface area contributed by atoms with E-state index in [2.05, 4.69) is 21.4 Å². The topological polar surface area (TPSA) is 51.2 Å². The van der Waals surface area contributed by atoms with Crippen molar-refractivity contribution in [3.05, 3.63) is 57.0 Å². The Morgan fingerprint density at radius 2 is 2.05 bits per heavy atom. The molecule has 0 saturated heterocycles. The summed E-state index contributed by atoms with van der Waals surface area (Å²) in [5.41, 5.74) is 3.37. The van der Waals surface area contributed by atoms with Crippen LogP contribution in [0.15, 0.2) is 27.1 Å². The molecular formula is C14H15BrF2N2O. The fourth-order valence-corrected chi connectivity index (χ4v) is 2.59. The first kappa shape index (κ1) is 15.2. The van der Waals surface area contributed by atoms with Crippen LogP contribution in [-0.2, 0) is 6.42 Å². The van der Waals surface area contributed by atoms with E-state index in [9.17, 15) is 8.78 Å². The molecule has 1 aromatic heterocycles. The van der Waals surface area contributed by atoms with Crippen LogP contribution in [0, 0.1) is 25.5 Å². The maximum atomic E-state index is 14.0. The minimum absolute atomic E-state index is 0.0134. The van der Waals surface area contributed by atoms with Gasteiger partial charge in [0, 0.05) is 11.1 Å². The average Bonchev–Trinajstić information content (AvgIpc) is 2.74. The standard InChI is InChI=1S/C14H15BrF2N2O/c1-7-5-9(8(2)20-7)13(19-18)6-10-12(16)4-3-11(15)14(10)17/h3-5,13,19H,6,18H2,1-2H3. The summed E-state index contributed by atoms with van der Waals surface area (Å²) in [5, 5.41) is 0. The second kappa shape index (κ2) is 6.03. The van der Waals surface area contributed by atoms with E-state index in [1.54, 1.807) is 6.92 Å². The maximum absolute atomic E-state index is 14.0. The lowest BCUT2D eigenvalue weighted by atomic mass is 9.99. The van der Waals surface area contributed by atoms with Crippen molar-refractivity contribution >= 4 is 15.9 Å². The molecule has 0 fully saturated rings. The molecular weight excluding hydrogens is 330 g/mol. The second-order valence-electron chi connectivity index (χ2n) is 4.61. The van der Waals surface area contributed by atoms with Gasteiger partial charge in [-0.1, -0.05) is 0 Å². The summed E-state index contributed by atoms with van der Waals surface area (Å²) in [5.74, 6) is 5.73. The first-order chi connectivity index (χ1) is 9.43. The van der Waals surface area contributed by atoms with Gasteiger partial charge >= 0.3 is 0 Å². The molecule has 0 radical (unpaired) electrons. The Hall–Kier alpha value is -1.24. The van der Waals surface area contributed by atoms with E-state index in [0.717, 1.165) is 11.3 Å². The van der Waals surface area contributed by atoms with Gasteiger partial charge in [-0.2, -0.15) is 0 Å². The Bertz CT molecular complexity index is 628. The number of hydrogen-bond acceptors (Lipinski definition) is 3. The summed E-state index contributed by atoms with van der Waals surface area (Å²) in [6, 6.07) is 3.95. The number of nitrogens with one attached hydrogen (secondary N) is 1. The molecule has 0 saturated carbocycles. The van der Waals surface area contributed by atoms with Crippen molar-refractivity contribution in [2.24, 2.45) is 5.84 Å². The molecule has 1 atom stereocenters. The van der Waals surface area contributed by atoms with E-state index in [4.69, 9.17) is 10.3 Å². The number of nitrogens with two attached hydrogens (primary N) is 1. The molecule has 3 nitrogen and oxygen atoms in total. The van der Waals surface area contributed by atoms with Crippen LogP contribution in [-0.4, -0.2) is 0 Å². The summed E-state index contributed by atoms with van der Waals surface area (Å²) in [7, 11) is 0. The van der Waals surface area contributed by atoms with E-state index in [1.807, 2.05) is 13.0 Å². The Balaban J connectivity index is 2.36. The molecule has 1 unspecified atom stereocenters. The maximum Gasteiger partial charge on any atom is 0.143 e. The number of rotatable bonds is 4. The first-order valence-electron chi connectivity index (χ1n) is 6.09. The highest BCUT2D eigenvalue weighted by molar-refractivity contribution is 9.10. The monoisotopic (exact) mass is 344 g/mol. The molecule has 6 heteroatoms. The van der Waals surface area contributed by atoms with Crippen molar-refractivity contribution in [1.29, 1.82) is 0 Å². The van der Waals surface area contributed by atoms with Gasteiger partial charge in [-0.25, -0.2) is 8.78 Å². The second-order valence-corrected chi connectivity index (χ2v) is 5.47. The lowest BCUT2D eigenvalue weighted by molar-refractivity contribution is 0.472. The number of aryl methyl sites for hydroxylation is 2. The molecule has 0 bridgehead atoms. The highest BCUT2D eigenvalue weighted by Gasteiger charge is 2.21. The lowest BCUT2D eigenvalue weighted by Crippen LogP contribution is -2.30. The Kier molecular flexibility index (Phi) is 4.57. The Morgan fingerprint density at radius 1 is 1.35 bits per heavy atom. The molecule has 2 aromatic rings. The molecule has 1 aromatic carbocycles. The van der Waals surface area contributed by atoms with Crippen LogP contribution in [0.4, 0.5) is 8.78 Å². The summed E-state index contributed by atoms with van der Waals surface area (Å²) in [4.78, 5) is 0. The molecule has 2 rings (SSSR count). The van der Waals surface area contributed by atoms with E-state index in [-0.39, 0.29) is 16.5 Å². The molecule has 0 amide bonds. The van der Waals surface area contributed by atoms with Crippen molar-refractivity contribution in [2.45, 2.75) is 26.3 Å². The van der Waals surface area contributed by atoms with E-state index >= 15 is 0 Å². The molecule has 0 aliphatic carbocycles. The zero-order chi connectivity index (χ0) is 14.9. The van der Waals surface area contributed by atoms with Crippen molar-refractivity contribution in [3.63, 3.8) is 0 Å². The quantitative estimate of drug-likeness (QED) is 0.505. The third-order valence-corrected chi connectivity index (χ3v) is 3.82. The van der Waals surface area contributed by atoms with Crippen LogP contribution in [0.3, 0.4) is 0 Å². The molecule has 20 heavy (non-hydrogen) atoms. The molecule has 1 heterocycles. The highest BCUT2D eigenvalue weighted by atomic mass is 79.9. The summed E-state index contributed by atoms with van der Waals surface area (Å²) >= 11 is 3.06.